The molecule has 1 aliphatic heterocycles. The molecule has 4 rings (SSSR count). The van der Waals surface area contributed by atoms with E-state index in [1.807, 2.05) is 19.9 Å². The van der Waals surface area contributed by atoms with Crippen LogP contribution >= 0.6 is 0 Å². The molecule has 148 valence electrons. The highest BCUT2D eigenvalue weighted by Crippen LogP contribution is 2.37. The van der Waals surface area contributed by atoms with Gasteiger partial charge in [0.1, 0.15) is 28.8 Å². The first-order valence-corrected chi connectivity index (χ1v) is 9.24. The zero-order valence-corrected chi connectivity index (χ0v) is 16.0. The Kier molecular flexibility index (Phi) is 4.62. The fourth-order valence-electron chi connectivity index (χ4n) is 3.31. The number of carbonyl (C=O) groups excluding carboxylic acids is 1. The van der Waals surface area contributed by atoms with Crippen LogP contribution in [0.25, 0.3) is 17.0 Å². The van der Waals surface area contributed by atoms with Gasteiger partial charge in [-0.15, -0.1) is 0 Å². The van der Waals surface area contributed by atoms with Crippen molar-refractivity contribution < 1.29 is 23.8 Å². The predicted octanol–water partition coefficient (Wildman–Crippen LogP) is 3.84. The third kappa shape index (κ3) is 4.01. The van der Waals surface area contributed by atoms with E-state index < -0.39 is 23.3 Å². The summed E-state index contributed by atoms with van der Waals surface area (Å²) in [6.07, 6.45) is 2.98. The number of ether oxygens (including phenoxy) is 2. The molecule has 1 atom stereocenters. The van der Waals surface area contributed by atoms with E-state index in [1.165, 1.54) is 12.1 Å². The number of phenolic OH excluding ortho intramolecular Hbond substituents is 1. The van der Waals surface area contributed by atoms with Gasteiger partial charge in [-0.05, 0) is 55.3 Å². The van der Waals surface area contributed by atoms with Gasteiger partial charge in [0.15, 0.2) is 0 Å². The maximum absolute atomic E-state index is 12.3. The van der Waals surface area contributed by atoms with Crippen LogP contribution in [-0.2, 0) is 16.0 Å². The molecule has 6 nitrogen and oxygen atoms in total. The Hall–Kier alpha value is -3.54. The lowest BCUT2D eigenvalue weighted by Crippen LogP contribution is -2.48. The monoisotopic (exact) mass is 392 g/mol. The Labute approximate surface area is 167 Å². The fraction of sp³-hybridized carbons (Fsp3) is 0.217. The molecular formula is C23H20O6. The first-order valence-electron chi connectivity index (χ1n) is 9.24. The van der Waals surface area contributed by atoms with Crippen LogP contribution in [0.3, 0.4) is 0 Å². The molecule has 0 radical (unpaired) electrons. The second-order valence-electron chi connectivity index (χ2n) is 7.51. The minimum Gasteiger partial charge on any atom is -0.508 e. The normalized spacial score (nSPS) is 17.7. The summed E-state index contributed by atoms with van der Waals surface area (Å²) < 4.78 is 17.0. The van der Waals surface area contributed by atoms with Crippen LogP contribution in [-0.4, -0.2) is 22.8 Å². The number of aromatic hydroxyl groups is 1. The van der Waals surface area contributed by atoms with E-state index in [2.05, 4.69) is 0 Å². The molecule has 6 heteroatoms. The topological polar surface area (TPSA) is 86.0 Å². The van der Waals surface area contributed by atoms with Gasteiger partial charge >= 0.3 is 11.6 Å². The maximum atomic E-state index is 12.3. The van der Waals surface area contributed by atoms with E-state index >= 15 is 0 Å². The standard InChI is InChI=1S/C23H20O6/c1-23(2)20(28-22(26)9-5-14-3-7-17(24)8-4-14)12-16-11-15-6-10-21(25)27-18(15)13-19(16)29-23/h3-11,13,20,24H,12H2,1-2H3/b9-5+. The number of rotatable bonds is 3. The van der Waals surface area contributed by atoms with Gasteiger partial charge < -0.3 is 19.0 Å². The van der Waals surface area contributed by atoms with Crippen molar-refractivity contribution in [2.45, 2.75) is 32.0 Å². The van der Waals surface area contributed by atoms with Crippen molar-refractivity contribution in [1.82, 2.24) is 0 Å². The molecule has 0 aliphatic carbocycles. The molecule has 1 N–H and O–H groups in total. The fourth-order valence-corrected chi connectivity index (χ4v) is 3.31. The van der Waals surface area contributed by atoms with Crippen LogP contribution in [0.4, 0.5) is 0 Å². The summed E-state index contributed by atoms with van der Waals surface area (Å²) in [6.45, 7) is 3.70. The Morgan fingerprint density at radius 3 is 2.69 bits per heavy atom. The Balaban J connectivity index is 1.54. The molecule has 2 heterocycles. The number of benzene rings is 2. The van der Waals surface area contributed by atoms with Gasteiger partial charge in [-0.2, -0.15) is 0 Å². The number of fused-ring (bicyclic) bond motifs is 2. The summed E-state index contributed by atoms with van der Waals surface area (Å²) in [7, 11) is 0. The molecule has 29 heavy (non-hydrogen) atoms. The average molecular weight is 392 g/mol. The SMILES string of the molecule is CC1(C)Oc2cc3oc(=O)ccc3cc2CC1OC(=O)/C=C/c1ccc(O)cc1. The van der Waals surface area contributed by atoms with Crippen molar-refractivity contribution in [3.63, 3.8) is 0 Å². The van der Waals surface area contributed by atoms with Gasteiger partial charge in [0.25, 0.3) is 0 Å². The molecule has 0 fully saturated rings. The summed E-state index contributed by atoms with van der Waals surface area (Å²) in [5, 5.41) is 10.1. The molecule has 0 saturated carbocycles. The van der Waals surface area contributed by atoms with E-state index in [1.54, 1.807) is 42.5 Å². The smallest absolute Gasteiger partial charge is 0.336 e. The lowest BCUT2D eigenvalue weighted by atomic mass is 9.90. The zero-order valence-electron chi connectivity index (χ0n) is 16.0. The van der Waals surface area contributed by atoms with Gasteiger partial charge in [-0.25, -0.2) is 9.59 Å². The molecule has 0 spiro atoms. The third-order valence-corrected chi connectivity index (χ3v) is 4.92. The van der Waals surface area contributed by atoms with Crippen LogP contribution in [0.15, 0.2) is 63.8 Å². The zero-order chi connectivity index (χ0) is 20.6. The molecule has 2 aromatic carbocycles. The Bertz CT molecular complexity index is 1150. The highest BCUT2D eigenvalue weighted by Gasteiger charge is 2.39. The molecule has 0 saturated heterocycles. The quantitative estimate of drug-likeness (QED) is 0.414. The third-order valence-electron chi connectivity index (χ3n) is 4.92. The first kappa shape index (κ1) is 18.8. The summed E-state index contributed by atoms with van der Waals surface area (Å²) in [5.41, 5.74) is 0.944. The number of phenols is 1. The molecule has 1 aliphatic rings. The summed E-state index contributed by atoms with van der Waals surface area (Å²) in [6, 6.07) is 13.2. The van der Waals surface area contributed by atoms with Crippen LogP contribution in [0, 0.1) is 0 Å². The lowest BCUT2D eigenvalue weighted by molar-refractivity contribution is -0.155. The van der Waals surface area contributed by atoms with Gasteiger partial charge in [-0.1, -0.05) is 12.1 Å². The summed E-state index contributed by atoms with van der Waals surface area (Å²) in [4.78, 5) is 23.8. The summed E-state index contributed by atoms with van der Waals surface area (Å²) >= 11 is 0. The van der Waals surface area contributed by atoms with Gasteiger partial charge in [0, 0.05) is 30.0 Å². The van der Waals surface area contributed by atoms with E-state index in [-0.39, 0.29) is 5.75 Å². The minimum atomic E-state index is -0.752. The molecule has 0 bridgehead atoms. The lowest BCUT2D eigenvalue weighted by Gasteiger charge is -2.39. The molecule has 1 unspecified atom stereocenters. The van der Waals surface area contributed by atoms with Gasteiger partial charge in [0.05, 0.1) is 0 Å². The van der Waals surface area contributed by atoms with Crippen molar-refractivity contribution >= 4 is 23.0 Å². The van der Waals surface area contributed by atoms with Crippen molar-refractivity contribution in [2.24, 2.45) is 0 Å². The molecule has 3 aromatic rings. The largest absolute Gasteiger partial charge is 0.508 e. The van der Waals surface area contributed by atoms with Crippen molar-refractivity contribution in [2.75, 3.05) is 0 Å². The first-order chi connectivity index (χ1) is 13.8. The highest BCUT2D eigenvalue weighted by atomic mass is 16.6. The molecular weight excluding hydrogens is 372 g/mol. The number of hydrogen-bond acceptors (Lipinski definition) is 6. The van der Waals surface area contributed by atoms with E-state index in [4.69, 9.17) is 13.9 Å². The van der Waals surface area contributed by atoms with Crippen LogP contribution in [0.5, 0.6) is 11.5 Å². The van der Waals surface area contributed by atoms with Crippen LogP contribution in [0.1, 0.15) is 25.0 Å². The van der Waals surface area contributed by atoms with E-state index in [0.29, 0.717) is 17.8 Å². The molecule has 1 aromatic heterocycles. The second kappa shape index (κ2) is 7.13. The predicted molar refractivity (Wildman–Crippen MR) is 108 cm³/mol. The highest BCUT2D eigenvalue weighted by molar-refractivity contribution is 5.87. The average Bonchev–Trinajstić information content (AvgIpc) is 2.66. The number of hydrogen-bond donors (Lipinski definition) is 1. The van der Waals surface area contributed by atoms with Crippen LogP contribution in [0.2, 0.25) is 0 Å². The maximum Gasteiger partial charge on any atom is 0.336 e. The van der Waals surface area contributed by atoms with E-state index in [0.717, 1.165) is 16.5 Å². The van der Waals surface area contributed by atoms with Crippen LogP contribution < -0.4 is 10.4 Å². The Morgan fingerprint density at radius 2 is 1.93 bits per heavy atom. The number of carbonyl (C=O) groups is 1. The van der Waals surface area contributed by atoms with E-state index in [9.17, 15) is 14.7 Å². The van der Waals surface area contributed by atoms with Crippen molar-refractivity contribution in [3.05, 3.63) is 76.2 Å². The second-order valence-corrected chi connectivity index (χ2v) is 7.51. The summed E-state index contributed by atoms with van der Waals surface area (Å²) in [5.74, 6) is 0.301. The van der Waals surface area contributed by atoms with Crippen molar-refractivity contribution in [1.29, 1.82) is 0 Å². The van der Waals surface area contributed by atoms with Crippen molar-refractivity contribution in [3.8, 4) is 11.5 Å². The molecule has 0 amide bonds. The Morgan fingerprint density at radius 1 is 1.17 bits per heavy atom. The van der Waals surface area contributed by atoms with Gasteiger partial charge in [-0.3, -0.25) is 0 Å². The number of esters is 1. The minimum absolute atomic E-state index is 0.163. The van der Waals surface area contributed by atoms with Gasteiger partial charge in [0.2, 0.25) is 0 Å².